The molecule has 1 aliphatic rings. The number of hydrogen-bond donors (Lipinski definition) is 2. The van der Waals surface area contributed by atoms with E-state index in [1.54, 1.807) is 0 Å². The van der Waals surface area contributed by atoms with Crippen molar-refractivity contribution in [1.82, 2.24) is 4.57 Å². The smallest absolute Gasteiger partial charge is 0.273 e. The van der Waals surface area contributed by atoms with Crippen molar-refractivity contribution in [2.75, 3.05) is 11.9 Å². The lowest BCUT2D eigenvalue weighted by atomic mass is 9.72. The second kappa shape index (κ2) is 9.10. The Morgan fingerprint density at radius 1 is 1.26 bits per heavy atom. The fourth-order valence-electron chi connectivity index (χ4n) is 5.22. The number of primary amides is 1. The van der Waals surface area contributed by atoms with Crippen molar-refractivity contribution in [2.45, 2.75) is 67.3 Å². The van der Waals surface area contributed by atoms with Gasteiger partial charge < -0.3 is 20.4 Å². The Kier molecular flexibility index (Phi) is 6.51. The monoisotopic (exact) mass is 481 g/mol. The topological polar surface area (TPSA) is 86.3 Å². The maximum absolute atomic E-state index is 13.6. The number of rotatable bonds is 6. The third-order valence-corrected chi connectivity index (χ3v) is 8.26. The second-order valence-corrected chi connectivity index (χ2v) is 11.3. The molecule has 34 heavy (non-hydrogen) atoms. The minimum absolute atomic E-state index is 0.192. The summed E-state index contributed by atoms with van der Waals surface area (Å²) in [5, 5.41) is 4.62. The Morgan fingerprint density at radius 3 is 2.62 bits per heavy atom. The maximum Gasteiger partial charge on any atom is 0.273 e. The molecule has 1 atom stereocenters. The van der Waals surface area contributed by atoms with Crippen molar-refractivity contribution in [3.8, 4) is 5.75 Å². The van der Waals surface area contributed by atoms with Crippen LogP contribution in [0, 0.1) is 18.3 Å². The quantitative estimate of drug-likeness (QED) is 0.457. The lowest BCUT2D eigenvalue weighted by Gasteiger charge is -2.33. The summed E-state index contributed by atoms with van der Waals surface area (Å²) in [5.41, 5.74) is 9.98. The molecule has 0 fully saturated rings. The van der Waals surface area contributed by atoms with E-state index in [0.717, 1.165) is 47.0 Å². The fraction of sp³-hybridized carbons (Fsp3) is 0.481. The van der Waals surface area contributed by atoms with Crippen LogP contribution in [0.1, 0.15) is 77.9 Å². The average molecular weight is 482 g/mol. The van der Waals surface area contributed by atoms with E-state index in [1.165, 1.54) is 16.2 Å². The molecule has 182 valence electrons. The van der Waals surface area contributed by atoms with Crippen LogP contribution in [-0.2, 0) is 19.4 Å². The number of anilines is 1. The number of thiophene rings is 1. The number of fused-ring (bicyclic) bond motifs is 2. The molecule has 0 saturated carbocycles. The third kappa shape index (κ3) is 4.22. The molecule has 1 aliphatic carbocycles. The largest absolute Gasteiger partial charge is 0.494 e. The van der Waals surface area contributed by atoms with Gasteiger partial charge in [0.2, 0.25) is 0 Å². The van der Waals surface area contributed by atoms with Crippen molar-refractivity contribution in [1.29, 1.82) is 0 Å². The Bertz CT molecular complexity index is 1260. The molecule has 2 aromatic heterocycles. The molecular weight excluding hydrogens is 446 g/mol. The van der Waals surface area contributed by atoms with Crippen molar-refractivity contribution in [3.05, 3.63) is 45.5 Å². The molecule has 2 amide bonds. The molecule has 6 nitrogen and oxygen atoms in total. The van der Waals surface area contributed by atoms with Crippen LogP contribution in [0.4, 0.5) is 5.00 Å². The van der Waals surface area contributed by atoms with Crippen LogP contribution in [-0.4, -0.2) is 23.0 Å². The van der Waals surface area contributed by atoms with Crippen LogP contribution in [0.5, 0.6) is 5.75 Å². The van der Waals surface area contributed by atoms with E-state index in [0.29, 0.717) is 35.3 Å². The van der Waals surface area contributed by atoms with Crippen LogP contribution in [0.25, 0.3) is 10.9 Å². The van der Waals surface area contributed by atoms with Crippen LogP contribution < -0.4 is 15.8 Å². The number of benzene rings is 1. The number of aryl methyl sites for hydroxylation is 2. The van der Waals surface area contributed by atoms with E-state index >= 15 is 0 Å². The zero-order valence-corrected chi connectivity index (χ0v) is 21.8. The van der Waals surface area contributed by atoms with Gasteiger partial charge in [0.15, 0.2) is 0 Å². The number of nitrogens with two attached hydrogens (primary N) is 1. The first-order valence-corrected chi connectivity index (χ1v) is 12.9. The highest BCUT2D eigenvalue weighted by atomic mass is 32.1. The molecule has 0 aliphatic heterocycles. The Balaban J connectivity index is 1.73. The Hall–Kier alpha value is -2.80. The molecule has 7 heteroatoms. The molecule has 0 spiro atoms. The van der Waals surface area contributed by atoms with Gasteiger partial charge in [-0.05, 0) is 80.7 Å². The number of carbonyl (C=O) groups excluding carboxylic acids is 2. The van der Waals surface area contributed by atoms with E-state index in [-0.39, 0.29) is 11.3 Å². The van der Waals surface area contributed by atoms with Gasteiger partial charge in [-0.2, -0.15) is 0 Å². The van der Waals surface area contributed by atoms with Gasteiger partial charge in [0, 0.05) is 22.3 Å². The first kappa shape index (κ1) is 24.3. The van der Waals surface area contributed by atoms with Gasteiger partial charge in [0.25, 0.3) is 11.8 Å². The lowest BCUT2D eigenvalue weighted by molar-refractivity contribution is 0.1000. The third-order valence-electron chi connectivity index (χ3n) is 7.09. The molecular formula is C27H35N3O3S. The first-order chi connectivity index (χ1) is 16.1. The molecule has 0 saturated heterocycles. The number of hydrogen-bond acceptors (Lipinski definition) is 4. The highest BCUT2D eigenvalue weighted by Crippen LogP contribution is 2.44. The summed E-state index contributed by atoms with van der Waals surface area (Å²) in [6.07, 6.45) is 2.75. The van der Waals surface area contributed by atoms with Gasteiger partial charge in [-0.25, -0.2) is 0 Å². The average Bonchev–Trinajstić information content (AvgIpc) is 3.27. The minimum Gasteiger partial charge on any atom is -0.494 e. The van der Waals surface area contributed by atoms with Gasteiger partial charge in [0.05, 0.1) is 12.2 Å². The number of amides is 2. The molecule has 0 bridgehead atoms. The van der Waals surface area contributed by atoms with E-state index in [9.17, 15) is 9.59 Å². The fourth-order valence-corrected chi connectivity index (χ4v) is 6.54. The van der Waals surface area contributed by atoms with E-state index in [1.807, 2.05) is 43.5 Å². The summed E-state index contributed by atoms with van der Waals surface area (Å²) in [7, 11) is 0. The van der Waals surface area contributed by atoms with E-state index < -0.39 is 5.91 Å². The number of ether oxygens (including phenoxy) is 1. The second-order valence-electron chi connectivity index (χ2n) is 10.2. The van der Waals surface area contributed by atoms with Crippen LogP contribution >= 0.6 is 11.3 Å². The predicted molar refractivity (Wildman–Crippen MR) is 139 cm³/mol. The number of nitrogens with zero attached hydrogens (tertiary/aromatic N) is 1. The van der Waals surface area contributed by atoms with E-state index in [4.69, 9.17) is 10.5 Å². The van der Waals surface area contributed by atoms with Gasteiger partial charge in [-0.3, -0.25) is 9.59 Å². The van der Waals surface area contributed by atoms with Gasteiger partial charge >= 0.3 is 0 Å². The number of carbonyl (C=O) groups is 2. The molecule has 3 N–H and O–H groups in total. The van der Waals surface area contributed by atoms with E-state index in [2.05, 4.69) is 26.1 Å². The number of nitrogens with one attached hydrogen (secondary N) is 1. The van der Waals surface area contributed by atoms with Gasteiger partial charge in [-0.15, -0.1) is 11.3 Å². The molecule has 3 aromatic rings. The van der Waals surface area contributed by atoms with Gasteiger partial charge in [0.1, 0.15) is 16.4 Å². The van der Waals surface area contributed by atoms with Crippen molar-refractivity contribution in [2.24, 2.45) is 17.1 Å². The Labute approximate surface area is 205 Å². The Morgan fingerprint density at radius 2 is 2.00 bits per heavy atom. The molecule has 1 unspecified atom stereocenters. The zero-order valence-electron chi connectivity index (χ0n) is 21.0. The normalized spacial score (nSPS) is 15.9. The highest BCUT2D eigenvalue weighted by molar-refractivity contribution is 7.17. The summed E-state index contributed by atoms with van der Waals surface area (Å²) in [4.78, 5) is 27.2. The summed E-state index contributed by atoms with van der Waals surface area (Å²) >= 11 is 1.51. The van der Waals surface area contributed by atoms with Crippen LogP contribution in [0.15, 0.2) is 18.2 Å². The zero-order chi connectivity index (χ0) is 24.8. The lowest BCUT2D eigenvalue weighted by Crippen LogP contribution is -2.27. The molecule has 1 aromatic carbocycles. The molecule has 0 radical (unpaired) electrons. The number of aromatic nitrogens is 1. The molecule has 4 rings (SSSR count). The predicted octanol–water partition coefficient (Wildman–Crippen LogP) is 5.93. The standard InChI is InChI=1S/C27H35N3O3S/c1-7-30-20-12-10-17(33-8-2)14-19(20)15(3)23(30)25(32)29-26-22(24(28)31)18-11-9-16(27(4,5)6)13-21(18)34-26/h10,12,14,16H,7-9,11,13H2,1-6H3,(H2,28,31)(H,29,32). The summed E-state index contributed by atoms with van der Waals surface area (Å²) in [6.45, 7) is 14.0. The van der Waals surface area contributed by atoms with Crippen LogP contribution in [0.3, 0.4) is 0 Å². The highest BCUT2D eigenvalue weighted by Gasteiger charge is 2.34. The molecule has 2 heterocycles. The van der Waals surface area contributed by atoms with Crippen molar-refractivity contribution >= 4 is 39.1 Å². The van der Waals surface area contributed by atoms with Crippen LogP contribution in [0.2, 0.25) is 0 Å². The summed E-state index contributed by atoms with van der Waals surface area (Å²) < 4.78 is 7.69. The SMILES string of the molecule is CCOc1ccc2c(c1)c(C)c(C(=O)Nc1sc3c(c1C(N)=O)CCC(C(C)(C)C)C3)n2CC. The summed E-state index contributed by atoms with van der Waals surface area (Å²) in [6, 6.07) is 5.92. The van der Waals surface area contributed by atoms with Gasteiger partial charge in [-0.1, -0.05) is 20.8 Å². The maximum atomic E-state index is 13.6. The van der Waals surface area contributed by atoms with Crippen molar-refractivity contribution in [3.63, 3.8) is 0 Å². The summed E-state index contributed by atoms with van der Waals surface area (Å²) in [5.74, 6) is 0.624. The minimum atomic E-state index is -0.476. The van der Waals surface area contributed by atoms with Crippen molar-refractivity contribution < 1.29 is 14.3 Å². The first-order valence-electron chi connectivity index (χ1n) is 12.1.